The lowest BCUT2D eigenvalue weighted by molar-refractivity contribution is 0.791. The number of pyridine rings is 3. The summed E-state index contributed by atoms with van der Waals surface area (Å²) in [5.41, 5.74) is 44.4. The third-order valence-corrected chi connectivity index (χ3v) is 33.1. The molecular formula is C142H85N3. The zero-order chi connectivity index (χ0) is 94.9. The molecule has 6 aliphatic rings. The van der Waals surface area contributed by atoms with Crippen LogP contribution in [-0.2, 0) is 16.2 Å². The highest BCUT2D eigenvalue weighted by atomic mass is 14.7. The van der Waals surface area contributed by atoms with Gasteiger partial charge in [-0.3, -0.25) is 15.0 Å². The largest absolute Gasteiger partial charge is 0.256 e. The van der Waals surface area contributed by atoms with Crippen molar-refractivity contribution in [3.05, 3.63) is 583 Å². The molecule has 3 spiro atoms. The fourth-order valence-corrected chi connectivity index (χ4v) is 27.6. The maximum Gasteiger partial charge on any atom is 0.0753 e. The van der Waals surface area contributed by atoms with Crippen LogP contribution in [0.4, 0.5) is 0 Å². The Labute approximate surface area is 838 Å². The normalized spacial score (nSPS) is 13.5. The SMILES string of the molecule is c1ccc(-c2ccc3ccc4c(-c5ccc6c(c5)-c5ncccc5C65c6ccccc6-c6ccccc65)ccc5ccc2c3c54)cc1.c1ccc2c(c1)-c1ccccc1C21c2cc(-c3c4ccccc4c(-c4cccc5ccccc45)c4ccccc34)ccc2-c2ncccc21.c1ccc2c(c1)-c1ccccc1C21c2cc(-c3c4ccccc4c(-c4cccc5ccccc45)c4ccccc34)ccc2-c2ncccc21. The molecule has 0 N–H and O–H groups in total. The number of fused-ring (bicyclic) bond motifs is 36. The summed E-state index contributed by atoms with van der Waals surface area (Å²) in [4.78, 5) is 15.1. The smallest absolute Gasteiger partial charge is 0.0753 e. The Bertz CT molecular complexity index is 9580. The van der Waals surface area contributed by atoms with E-state index in [1.807, 2.05) is 18.6 Å². The molecule has 0 aliphatic heterocycles. The first-order valence-corrected chi connectivity index (χ1v) is 50.5. The van der Waals surface area contributed by atoms with Gasteiger partial charge in [-0.25, -0.2) is 0 Å². The maximum atomic E-state index is 5.07. The minimum Gasteiger partial charge on any atom is -0.256 e. The van der Waals surface area contributed by atoms with Crippen LogP contribution in [0.2, 0.25) is 0 Å². The van der Waals surface area contributed by atoms with Gasteiger partial charge in [0.2, 0.25) is 0 Å². The van der Waals surface area contributed by atoms with E-state index >= 15 is 0 Å². The van der Waals surface area contributed by atoms with Crippen molar-refractivity contribution in [2.45, 2.75) is 16.2 Å². The summed E-state index contributed by atoms with van der Waals surface area (Å²) in [5, 5.41) is 23.0. The summed E-state index contributed by atoms with van der Waals surface area (Å²) in [7, 11) is 0. The van der Waals surface area contributed by atoms with Crippen molar-refractivity contribution in [2.24, 2.45) is 0 Å². The number of hydrogen-bond acceptors (Lipinski definition) is 3. The van der Waals surface area contributed by atoms with Crippen LogP contribution in [0.3, 0.4) is 0 Å². The van der Waals surface area contributed by atoms with Crippen molar-refractivity contribution in [3.63, 3.8) is 0 Å². The molecule has 24 aromatic carbocycles. The van der Waals surface area contributed by atoms with Crippen LogP contribution in [0, 0.1) is 0 Å². The third-order valence-electron chi connectivity index (χ3n) is 33.1. The van der Waals surface area contributed by atoms with E-state index < -0.39 is 10.8 Å². The highest BCUT2D eigenvalue weighted by molar-refractivity contribution is 6.29. The molecule has 0 unspecified atom stereocenters. The van der Waals surface area contributed by atoms with Gasteiger partial charge < -0.3 is 0 Å². The molecule has 0 radical (unpaired) electrons. The topological polar surface area (TPSA) is 38.7 Å². The van der Waals surface area contributed by atoms with Crippen LogP contribution in [0.15, 0.2) is 516 Å². The molecule has 0 saturated carbocycles. The molecule has 0 bridgehead atoms. The summed E-state index contributed by atoms with van der Waals surface area (Å²) >= 11 is 0. The predicted octanol–water partition coefficient (Wildman–Crippen LogP) is 36.1. The number of hydrogen-bond donors (Lipinski definition) is 0. The van der Waals surface area contributed by atoms with Gasteiger partial charge in [-0.05, 0) is 300 Å². The molecule has 33 rings (SSSR count). The van der Waals surface area contributed by atoms with Crippen molar-refractivity contribution in [3.8, 4) is 134 Å². The Morgan fingerprint density at radius 1 is 0.124 bits per heavy atom. The first-order valence-electron chi connectivity index (χ1n) is 50.5. The van der Waals surface area contributed by atoms with Crippen LogP contribution in [0.25, 0.3) is 231 Å². The Morgan fingerprint density at radius 3 is 0.772 bits per heavy atom. The molecule has 6 aliphatic carbocycles. The van der Waals surface area contributed by atoms with Crippen LogP contribution in [0.1, 0.15) is 66.8 Å². The van der Waals surface area contributed by atoms with Crippen LogP contribution < -0.4 is 0 Å². The molecule has 3 heteroatoms. The van der Waals surface area contributed by atoms with E-state index in [9.17, 15) is 0 Å². The summed E-state index contributed by atoms with van der Waals surface area (Å²) < 4.78 is 0. The van der Waals surface area contributed by atoms with Gasteiger partial charge in [0.1, 0.15) is 0 Å². The molecule has 0 atom stereocenters. The molecule has 0 amide bonds. The lowest BCUT2D eigenvalue weighted by Gasteiger charge is -2.30. The predicted molar refractivity (Wildman–Crippen MR) is 603 cm³/mol. The van der Waals surface area contributed by atoms with Crippen molar-refractivity contribution < 1.29 is 0 Å². The molecule has 3 heterocycles. The quantitative estimate of drug-likeness (QED) is 0.123. The maximum absolute atomic E-state index is 5.07. The van der Waals surface area contributed by atoms with Crippen LogP contribution in [-0.4, -0.2) is 15.0 Å². The molecule has 145 heavy (non-hydrogen) atoms. The van der Waals surface area contributed by atoms with E-state index in [0.717, 1.165) is 17.1 Å². The third kappa shape index (κ3) is 11.2. The minimum atomic E-state index is -0.434. The number of benzene rings is 24. The summed E-state index contributed by atoms with van der Waals surface area (Å²) in [6, 6.07) is 184. The van der Waals surface area contributed by atoms with E-state index in [2.05, 4.69) is 497 Å². The molecule has 3 nitrogen and oxygen atoms in total. The Hall–Kier alpha value is -18.7. The Balaban J connectivity index is 0.0000000990. The minimum absolute atomic E-state index is 0.374. The lowest BCUT2D eigenvalue weighted by atomic mass is 9.70. The van der Waals surface area contributed by atoms with E-state index in [4.69, 9.17) is 15.0 Å². The monoisotopic (exact) mass is 1830 g/mol. The van der Waals surface area contributed by atoms with E-state index in [-0.39, 0.29) is 5.41 Å². The van der Waals surface area contributed by atoms with Gasteiger partial charge in [0.25, 0.3) is 0 Å². The first kappa shape index (κ1) is 81.2. The standard InChI is InChI=1S/2C48H29N.C46H27N/c2*1-2-15-32-30(13-1)14-11-22-35(32)46-38-20-5-3-18-36(38)45(37-19-4-6-21-39(37)46)31-26-27-40-44(29-31)48(43-25-12-28-49-47(40)43)41-23-9-7-16-33(41)34-17-8-10-24-42(34)48;1-2-9-28(10-3-1)32-21-16-29-19-24-37-33(22-17-30-18-23-36(32)43(29)44(30)37)31-20-25-41-38(27-31)45-42(15-8-26-47-45)46(41)39-13-6-4-11-34(39)35-12-5-7-14-40(35)46/h2*1-29H;1-27H. The zero-order valence-electron chi connectivity index (χ0n) is 78.9. The van der Waals surface area contributed by atoms with Gasteiger partial charge >= 0.3 is 0 Å². The summed E-state index contributed by atoms with van der Waals surface area (Å²) in [6.07, 6.45) is 5.83. The van der Waals surface area contributed by atoms with E-state index in [1.165, 1.54) is 281 Å². The number of rotatable bonds is 6. The molecule has 0 fully saturated rings. The second kappa shape index (κ2) is 31.2. The van der Waals surface area contributed by atoms with Gasteiger partial charge in [0.15, 0.2) is 0 Å². The van der Waals surface area contributed by atoms with Crippen molar-refractivity contribution >= 4 is 97.0 Å². The first-order chi connectivity index (χ1) is 72.0. The van der Waals surface area contributed by atoms with Gasteiger partial charge in [0.05, 0.1) is 33.3 Å². The fourth-order valence-electron chi connectivity index (χ4n) is 27.6. The number of nitrogens with zero attached hydrogens (tertiary/aromatic N) is 3. The van der Waals surface area contributed by atoms with Gasteiger partial charge in [-0.15, -0.1) is 0 Å². The highest BCUT2D eigenvalue weighted by Crippen LogP contribution is 2.68. The summed E-state index contributed by atoms with van der Waals surface area (Å²) in [6.45, 7) is 0. The van der Waals surface area contributed by atoms with Crippen molar-refractivity contribution in [1.82, 2.24) is 15.0 Å². The van der Waals surface area contributed by atoms with Gasteiger partial charge in [0, 0.05) is 35.3 Å². The average molecular weight is 1830 g/mol. The molecule has 0 saturated heterocycles. The number of aromatic nitrogens is 3. The van der Waals surface area contributed by atoms with Crippen molar-refractivity contribution in [2.75, 3.05) is 0 Å². The molecule has 668 valence electrons. The van der Waals surface area contributed by atoms with Gasteiger partial charge in [-0.2, -0.15) is 0 Å². The van der Waals surface area contributed by atoms with E-state index in [0.29, 0.717) is 0 Å². The van der Waals surface area contributed by atoms with Crippen molar-refractivity contribution in [1.29, 1.82) is 0 Å². The highest BCUT2D eigenvalue weighted by Gasteiger charge is 2.56. The Kier molecular flexibility index (Phi) is 17.5. The van der Waals surface area contributed by atoms with Crippen LogP contribution in [0.5, 0.6) is 0 Å². The average Bonchev–Trinajstić information content (AvgIpc) is 1.52. The zero-order valence-corrected chi connectivity index (χ0v) is 78.9. The second-order valence-electron chi connectivity index (χ2n) is 39.8. The van der Waals surface area contributed by atoms with Crippen LogP contribution >= 0.6 is 0 Å². The lowest BCUT2D eigenvalue weighted by Crippen LogP contribution is -2.25. The van der Waals surface area contributed by atoms with Gasteiger partial charge in [-0.1, -0.05) is 461 Å². The fraction of sp³-hybridized carbons (Fsp3) is 0.0211. The second-order valence-corrected chi connectivity index (χ2v) is 39.8. The molecule has 3 aromatic heterocycles. The van der Waals surface area contributed by atoms with E-state index in [1.54, 1.807) is 0 Å². The molecule has 27 aromatic rings. The summed E-state index contributed by atoms with van der Waals surface area (Å²) in [5.74, 6) is 0. The Morgan fingerprint density at radius 2 is 0.393 bits per heavy atom. The molecular weight excluding hydrogens is 1750 g/mol.